The summed E-state index contributed by atoms with van der Waals surface area (Å²) >= 11 is 0. The summed E-state index contributed by atoms with van der Waals surface area (Å²) in [4.78, 5) is 33.8. The van der Waals surface area contributed by atoms with Crippen LogP contribution in [-0.4, -0.2) is 50.1 Å². The van der Waals surface area contributed by atoms with Crippen LogP contribution in [0.3, 0.4) is 0 Å². The molecule has 0 aromatic carbocycles. The van der Waals surface area contributed by atoms with Gasteiger partial charge in [-0.2, -0.15) is 0 Å². The smallest absolute Gasteiger partial charge is 0.338 e. The largest absolute Gasteiger partial charge is 0.469 e. The van der Waals surface area contributed by atoms with E-state index in [4.69, 9.17) is 14.4 Å². The van der Waals surface area contributed by atoms with E-state index in [9.17, 15) is 9.59 Å². The van der Waals surface area contributed by atoms with Crippen molar-refractivity contribution in [2.75, 3.05) is 20.8 Å². The summed E-state index contributed by atoms with van der Waals surface area (Å²) in [6.07, 6.45) is 0.537. The van der Waals surface area contributed by atoms with Gasteiger partial charge in [-0.25, -0.2) is 4.79 Å². The van der Waals surface area contributed by atoms with Gasteiger partial charge in [0.25, 0.3) is 0 Å². The Morgan fingerprint density at radius 3 is 2.59 bits per heavy atom. The average molecular weight is 245 g/mol. The highest BCUT2D eigenvalue weighted by atomic mass is 17.0. The molecule has 2 heterocycles. The van der Waals surface area contributed by atoms with Gasteiger partial charge < -0.3 is 9.47 Å². The van der Waals surface area contributed by atoms with Crippen LogP contribution in [0.15, 0.2) is 0 Å². The monoisotopic (exact) mass is 245 g/mol. The summed E-state index contributed by atoms with van der Waals surface area (Å²) in [6, 6.07) is -0.291. The molecule has 96 valence electrons. The first-order chi connectivity index (χ1) is 8.19. The minimum atomic E-state index is -0.990. The number of carbonyl (C=O) groups excluding carboxylic acids is 2. The Hall–Kier alpha value is -1.18. The van der Waals surface area contributed by atoms with Gasteiger partial charge in [0.05, 0.1) is 26.9 Å². The maximum atomic E-state index is 11.7. The van der Waals surface area contributed by atoms with Crippen molar-refractivity contribution in [3.05, 3.63) is 0 Å². The Balaban J connectivity index is 2.20. The molecular weight excluding hydrogens is 230 g/mol. The Bertz CT molecular complexity index is 320. The molecule has 0 aromatic rings. The van der Waals surface area contributed by atoms with Crippen LogP contribution < -0.4 is 0 Å². The summed E-state index contributed by atoms with van der Waals surface area (Å²) in [7, 11) is 2.53. The molecule has 7 nitrogen and oxygen atoms in total. The van der Waals surface area contributed by atoms with E-state index < -0.39 is 24.0 Å². The van der Waals surface area contributed by atoms with Crippen molar-refractivity contribution in [3.8, 4) is 0 Å². The highest BCUT2D eigenvalue weighted by Crippen LogP contribution is 2.34. The van der Waals surface area contributed by atoms with Crippen LogP contribution in [-0.2, 0) is 28.7 Å². The molecule has 0 radical (unpaired) electrons. The van der Waals surface area contributed by atoms with E-state index in [1.165, 1.54) is 19.4 Å². The summed E-state index contributed by atoms with van der Waals surface area (Å²) < 4.78 is 9.31. The lowest BCUT2D eigenvalue weighted by Gasteiger charge is -2.27. The van der Waals surface area contributed by atoms with E-state index in [1.54, 1.807) is 0 Å². The summed E-state index contributed by atoms with van der Waals surface area (Å²) in [5.74, 6) is -1.79. The average Bonchev–Trinajstić information content (AvgIpc) is 2.76. The van der Waals surface area contributed by atoms with Gasteiger partial charge in [0.15, 0.2) is 6.10 Å². The van der Waals surface area contributed by atoms with Crippen molar-refractivity contribution in [3.63, 3.8) is 0 Å². The Kier molecular flexibility index (Phi) is 3.60. The number of ether oxygens (including phenoxy) is 2. The number of nitrogens with zero attached hydrogens (tertiary/aromatic N) is 1. The molecule has 0 bridgehead atoms. The number of hydrogen-bond acceptors (Lipinski definition) is 7. The lowest BCUT2D eigenvalue weighted by Crippen LogP contribution is -2.41. The number of esters is 2. The molecule has 2 saturated heterocycles. The first kappa shape index (κ1) is 12.3. The molecule has 7 heteroatoms. The fourth-order valence-corrected chi connectivity index (χ4v) is 2.17. The molecule has 0 saturated carbocycles. The first-order valence-electron chi connectivity index (χ1n) is 5.43. The zero-order valence-electron chi connectivity index (χ0n) is 9.75. The molecule has 0 spiro atoms. The van der Waals surface area contributed by atoms with Crippen molar-refractivity contribution in [1.29, 1.82) is 0 Å². The fourth-order valence-electron chi connectivity index (χ4n) is 2.17. The molecule has 2 aliphatic rings. The Morgan fingerprint density at radius 2 is 1.94 bits per heavy atom. The number of methoxy groups -OCH3 is 2. The van der Waals surface area contributed by atoms with Crippen LogP contribution >= 0.6 is 0 Å². The predicted octanol–water partition coefficient (Wildman–Crippen LogP) is -0.342. The third kappa shape index (κ3) is 2.13. The maximum absolute atomic E-state index is 11.7. The first-order valence-corrected chi connectivity index (χ1v) is 5.43. The molecule has 3 unspecified atom stereocenters. The topological polar surface area (TPSA) is 74.3 Å². The van der Waals surface area contributed by atoms with Crippen molar-refractivity contribution in [2.45, 2.75) is 25.0 Å². The number of carbonyl (C=O) groups is 2. The van der Waals surface area contributed by atoms with Gasteiger partial charge in [-0.1, -0.05) is 5.23 Å². The highest BCUT2D eigenvalue weighted by Gasteiger charge is 2.53. The van der Waals surface area contributed by atoms with Crippen molar-refractivity contribution in [1.82, 2.24) is 5.23 Å². The highest BCUT2D eigenvalue weighted by molar-refractivity contribution is 5.84. The van der Waals surface area contributed by atoms with E-state index in [2.05, 4.69) is 4.74 Å². The molecule has 17 heavy (non-hydrogen) atoms. The second-order valence-electron chi connectivity index (χ2n) is 3.93. The Labute approximate surface area is 98.5 Å². The lowest BCUT2D eigenvalue weighted by molar-refractivity contribution is -0.379. The number of rotatable bonds is 2. The molecular formula is C10H15NO6. The van der Waals surface area contributed by atoms with Gasteiger partial charge in [-0.05, 0) is 12.8 Å². The maximum Gasteiger partial charge on any atom is 0.338 e. The SMILES string of the molecule is COC(=O)C1ON2OCCCC2C1C(=O)OC. The van der Waals surface area contributed by atoms with Crippen LogP contribution in [0.2, 0.25) is 0 Å². The summed E-state index contributed by atoms with van der Waals surface area (Å²) in [5.41, 5.74) is 0. The van der Waals surface area contributed by atoms with E-state index in [0.29, 0.717) is 13.0 Å². The lowest BCUT2D eigenvalue weighted by atomic mass is 9.91. The minimum Gasteiger partial charge on any atom is -0.469 e. The van der Waals surface area contributed by atoms with Crippen molar-refractivity contribution in [2.24, 2.45) is 5.92 Å². The van der Waals surface area contributed by atoms with Crippen LogP contribution in [0.25, 0.3) is 0 Å². The standard InChI is InChI=1S/C10H15NO6/c1-14-9(12)7-6-4-3-5-16-11(6)17-8(7)10(13)15-2/h6-8H,3-5H2,1-2H3. The molecule has 2 rings (SSSR count). The molecule has 0 amide bonds. The third-order valence-corrected chi connectivity index (χ3v) is 3.00. The zero-order valence-corrected chi connectivity index (χ0v) is 9.75. The van der Waals surface area contributed by atoms with Crippen LogP contribution in [0.1, 0.15) is 12.8 Å². The van der Waals surface area contributed by atoms with Crippen LogP contribution in [0.4, 0.5) is 0 Å². The number of hydroxylamine groups is 2. The zero-order chi connectivity index (χ0) is 12.4. The molecule has 3 atom stereocenters. The van der Waals surface area contributed by atoms with Crippen LogP contribution in [0, 0.1) is 5.92 Å². The van der Waals surface area contributed by atoms with E-state index >= 15 is 0 Å². The van der Waals surface area contributed by atoms with Gasteiger partial charge in [0.1, 0.15) is 5.92 Å². The summed E-state index contributed by atoms with van der Waals surface area (Å²) in [6.45, 7) is 0.512. The predicted molar refractivity (Wildman–Crippen MR) is 53.2 cm³/mol. The van der Waals surface area contributed by atoms with E-state index in [-0.39, 0.29) is 6.04 Å². The summed E-state index contributed by atoms with van der Waals surface area (Å²) in [5, 5.41) is 1.23. The van der Waals surface area contributed by atoms with Gasteiger partial charge in [0, 0.05) is 0 Å². The second kappa shape index (κ2) is 4.99. The van der Waals surface area contributed by atoms with Gasteiger partial charge >= 0.3 is 11.9 Å². The molecule has 0 N–H and O–H groups in total. The fraction of sp³-hybridized carbons (Fsp3) is 0.800. The Morgan fingerprint density at radius 1 is 1.24 bits per heavy atom. The number of hydrogen-bond donors (Lipinski definition) is 0. The van der Waals surface area contributed by atoms with E-state index in [1.807, 2.05) is 0 Å². The molecule has 0 aromatic heterocycles. The molecule has 0 aliphatic carbocycles. The van der Waals surface area contributed by atoms with Crippen molar-refractivity contribution >= 4 is 11.9 Å². The quantitative estimate of drug-likeness (QED) is 0.616. The van der Waals surface area contributed by atoms with Crippen LogP contribution in [0.5, 0.6) is 0 Å². The normalized spacial score (nSPS) is 32.9. The molecule has 2 fully saturated rings. The molecule has 2 aliphatic heterocycles. The number of fused-ring (bicyclic) bond motifs is 1. The van der Waals surface area contributed by atoms with Gasteiger partial charge in [-0.15, -0.1) is 0 Å². The third-order valence-electron chi connectivity index (χ3n) is 3.00. The van der Waals surface area contributed by atoms with Gasteiger partial charge in [0.2, 0.25) is 0 Å². The second-order valence-corrected chi connectivity index (χ2v) is 3.93. The van der Waals surface area contributed by atoms with E-state index in [0.717, 1.165) is 6.42 Å². The minimum absolute atomic E-state index is 0.291. The van der Waals surface area contributed by atoms with Gasteiger partial charge in [-0.3, -0.25) is 14.5 Å². The van der Waals surface area contributed by atoms with Crippen molar-refractivity contribution < 1.29 is 28.7 Å².